The Bertz CT molecular complexity index is 859. The van der Waals surface area contributed by atoms with Gasteiger partial charge in [-0.15, -0.1) is 94.1 Å². The molecule has 2 aromatic carbocycles. The van der Waals surface area contributed by atoms with Gasteiger partial charge >= 0.3 is 0 Å². The fourth-order valence-electron chi connectivity index (χ4n) is 3.69. The first-order chi connectivity index (χ1) is 16.3. The number of rotatable bonds is 4. The Hall–Kier alpha value is 0.980. The normalized spacial score (nSPS) is 22.7. The topological polar surface area (TPSA) is 0 Å². The van der Waals surface area contributed by atoms with Crippen molar-refractivity contribution in [3.63, 3.8) is 0 Å². The molecule has 4 fully saturated rings. The second-order valence-corrected chi connectivity index (χ2v) is 19.2. The van der Waals surface area contributed by atoms with E-state index in [9.17, 15) is 0 Å². The van der Waals surface area contributed by atoms with Crippen LogP contribution in [0.15, 0.2) is 59.3 Å². The summed E-state index contributed by atoms with van der Waals surface area (Å²) in [5.41, 5.74) is 5.92. The van der Waals surface area contributed by atoms with Crippen molar-refractivity contribution in [2.24, 2.45) is 0 Å². The third-order valence-corrected chi connectivity index (χ3v) is 17.3. The van der Waals surface area contributed by atoms with E-state index in [1.807, 2.05) is 47.0 Å². The molecule has 0 saturated carbocycles. The molecule has 4 heterocycles. The molecule has 0 radical (unpaired) electrons. The number of hydrogen-bond donors (Lipinski definition) is 0. The number of benzene rings is 2. The average Bonchev–Trinajstić information content (AvgIpc) is 2.83. The monoisotopic (exact) mass is 586 g/mol. The van der Waals surface area contributed by atoms with Gasteiger partial charge in [0, 0.05) is 10.7 Å². The van der Waals surface area contributed by atoms with Crippen LogP contribution in [0.5, 0.6) is 0 Å². The van der Waals surface area contributed by atoms with E-state index in [1.54, 1.807) is 0 Å². The molecule has 0 amide bonds. The first-order valence-electron chi connectivity index (χ1n) is 11.2. The Kier molecular flexibility index (Phi) is 10.1. The highest BCUT2D eigenvalue weighted by Crippen LogP contribution is 2.60. The first-order valence-corrected chi connectivity index (χ1v) is 19.2. The molecule has 6 rings (SSSR count). The minimum absolute atomic E-state index is 0. The molecule has 2 aromatic rings. The molecule has 4 aliphatic heterocycles. The zero-order chi connectivity index (χ0) is 22.5. The molecule has 178 valence electrons. The maximum atomic E-state index is 3.92. The molecule has 8 heteroatoms. The smallest absolute Gasteiger partial charge is 0.0855 e. The van der Waals surface area contributed by atoms with Crippen LogP contribution in [0.25, 0.3) is 0 Å². The molecule has 0 unspecified atom stereocenters. The quantitative estimate of drug-likeness (QED) is 0.342. The Morgan fingerprint density at radius 1 is 0.515 bits per heavy atom. The predicted molar refractivity (Wildman–Crippen MR) is 169 cm³/mol. The minimum Gasteiger partial charge on any atom is -0.143 e. The summed E-state index contributed by atoms with van der Waals surface area (Å²) in [7, 11) is 0. The molecule has 4 saturated heterocycles. The van der Waals surface area contributed by atoms with Crippen LogP contribution in [0.3, 0.4) is 0 Å². The van der Waals surface area contributed by atoms with E-state index in [4.69, 9.17) is 0 Å². The van der Waals surface area contributed by atoms with Crippen molar-refractivity contribution < 1.29 is 1.43 Å². The van der Waals surface area contributed by atoms with Crippen molar-refractivity contribution >= 4 is 94.1 Å². The van der Waals surface area contributed by atoms with E-state index in [-0.39, 0.29) is 1.43 Å². The Morgan fingerprint density at radius 3 is 1.15 bits per heavy atom. The standard InChI is InChI=1S/C14H18S4.C11H10S4.H2/c1-7-15-13(16-8-1)11-3-5-12(6-4-11)14-17-9-2-10-18-14;1-7-14-11(15-7)9-4-2-8(3-5-9)10-12-6-13-10;/h3-6,13-14H,1-2,7-10H2;2-5,10-11H,1,6H2;1H. The van der Waals surface area contributed by atoms with Gasteiger partial charge in [0.15, 0.2) is 0 Å². The van der Waals surface area contributed by atoms with Crippen LogP contribution in [-0.2, 0) is 0 Å². The summed E-state index contributed by atoms with van der Waals surface area (Å²) in [5.74, 6) is 5.31. The van der Waals surface area contributed by atoms with Gasteiger partial charge in [0.2, 0.25) is 0 Å². The van der Waals surface area contributed by atoms with Crippen molar-refractivity contribution in [2.45, 2.75) is 31.2 Å². The lowest BCUT2D eigenvalue weighted by Gasteiger charge is -2.28. The molecule has 0 spiro atoms. The van der Waals surface area contributed by atoms with Crippen LogP contribution >= 0.6 is 94.1 Å². The highest BCUT2D eigenvalue weighted by molar-refractivity contribution is 8.37. The molecule has 0 nitrogen and oxygen atoms in total. The SMILES string of the molecule is C=C1SC(c2ccc(C3SCS3)cc2)S1.[HH].c1cc(C2SCCCS2)ccc1C1SCCCS1. The van der Waals surface area contributed by atoms with E-state index < -0.39 is 0 Å². The predicted octanol–water partition coefficient (Wildman–Crippen LogP) is 10.7. The summed E-state index contributed by atoms with van der Waals surface area (Å²) in [6.07, 6.45) is 2.75. The summed E-state index contributed by atoms with van der Waals surface area (Å²) in [4.78, 5) is 0. The largest absolute Gasteiger partial charge is 0.143 e. The Balaban J connectivity index is 0.000000159. The summed E-state index contributed by atoms with van der Waals surface area (Å²) < 4.78 is 3.89. The van der Waals surface area contributed by atoms with Gasteiger partial charge in [-0.05, 0) is 58.1 Å². The molecule has 0 N–H and O–H groups in total. The highest BCUT2D eigenvalue weighted by atomic mass is 32.3. The van der Waals surface area contributed by atoms with Crippen LogP contribution in [0, 0.1) is 0 Å². The van der Waals surface area contributed by atoms with Gasteiger partial charge < -0.3 is 0 Å². The summed E-state index contributed by atoms with van der Waals surface area (Å²) in [6.45, 7) is 3.92. The van der Waals surface area contributed by atoms with E-state index in [0.717, 1.165) is 0 Å². The summed E-state index contributed by atoms with van der Waals surface area (Å²) in [6, 6.07) is 18.5. The van der Waals surface area contributed by atoms with Gasteiger partial charge in [-0.3, -0.25) is 0 Å². The third-order valence-electron chi connectivity index (χ3n) is 5.53. The van der Waals surface area contributed by atoms with Crippen LogP contribution < -0.4 is 0 Å². The van der Waals surface area contributed by atoms with E-state index in [1.165, 1.54) is 67.4 Å². The van der Waals surface area contributed by atoms with Gasteiger partial charge in [-0.1, -0.05) is 55.1 Å². The zero-order valence-corrected chi connectivity index (χ0v) is 24.9. The van der Waals surface area contributed by atoms with Crippen molar-refractivity contribution in [3.05, 3.63) is 81.6 Å². The lowest BCUT2D eigenvalue weighted by molar-refractivity contribution is 1.09. The van der Waals surface area contributed by atoms with E-state index in [2.05, 4.69) is 102 Å². The van der Waals surface area contributed by atoms with Crippen LogP contribution in [-0.4, -0.2) is 28.1 Å². The number of hydrogen-bond acceptors (Lipinski definition) is 8. The van der Waals surface area contributed by atoms with Gasteiger partial charge in [-0.25, -0.2) is 0 Å². The van der Waals surface area contributed by atoms with Crippen LogP contribution in [0.2, 0.25) is 0 Å². The fraction of sp³-hybridized carbons (Fsp3) is 0.440. The lowest BCUT2D eigenvalue weighted by Crippen LogP contribution is -2.02. The van der Waals surface area contributed by atoms with E-state index >= 15 is 0 Å². The molecular formula is C25H30S8. The Labute approximate surface area is 234 Å². The first kappa shape index (κ1) is 25.6. The summed E-state index contributed by atoms with van der Waals surface area (Å²) in [5, 5.41) is 1.25. The van der Waals surface area contributed by atoms with Crippen molar-refractivity contribution in [2.75, 3.05) is 28.1 Å². The maximum Gasteiger partial charge on any atom is 0.0855 e. The van der Waals surface area contributed by atoms with Gasteiger partial charge in [-0.2, -0.15) is 0 Å². The lowest BCUT2D eigenvalue weighted by atomic mass is 10.2. The Morgan fingerprint density at radius 2 is 0.848 bits per heavy atom. The summed E-state index contributed by atoms with van der Waals surface area (Å²) >= 11 is 16.3. The maximum absolute atomic E-state index is 3.92. The van der Waals surface area contributed by atoms with E-state index in [0.29, 0.717) is 18.3 Å². The third kappa shape index (κ3) is 7.06. The van der Waals surface area contributed by atoms with Gasteiger partial charge in [0.1, 0.15) is 0 Å². The van der Waals surface area contributed by atoms with Crippen molar-refractivity contribution in [3.8, 4) is 0 Å². The molecule has 33 heavy (non-hydrogen) atoms. The highest BCUT2D eigenvalue weighted by Gasteiger charge is 2.26. The second kappa shape index (κ2) is 13.0. The molecule has 0 bridgehead atoms. The van der Waals surface area contributed by atoms with Gasteiger partial charge in [0.05, 0.1) is 18.3 Å². The van der Waals surface area contributed by atoms with Crippen LogP contribution in [0.4, 0.5) is 0 Å². The van der Waals surface area contributed by atoms with Gasteiger partial charge in [0.25, 0.3) is 0 Å². The number of thioether (sulfide) groups is 8. The molecule has 4 aliphatic rings. The minimum atomic E-state index is 0. The molecule has 0 aliphatic carbocycles. The zero-order valence-electron chi connectivity index (χ0n) is 18.4. The van der Waals surface area contributed by atoms with Crippen LogP contribution in [0.1, 0.15) is 54.8 Å². The molecule has 0 atom stereocenters. The molecule has 0 aromatic heterocycles. The van der Waals surface area contributed by atoms with Crippen molar-refractivity contribution in [1.29, 1.82) is 0 Å². The van der Waals surface area contributed by atoms with Crippen molar-refractivity contribution in [1.82, 2.24) is 0 Å². The average molecular weight is 587 g/mol. The fourth-order valence-corrected chi connectivity index (χ4v) is 13.3. The second-order valence-electron chi connectivity index (χ2n) is 7.91. The molecular weight excluding hydrogens is 557 g/mol.